The molecule has 162 valence electrons. The quantitative estimate of drug-likeness (QED) is 0.442. The Morgan fingerprint density at radius 3 is 2.39 bits per heavy atom. The van der Waals surface area contributed by atoms with E-state index in [1.807, 2.05) is 58.0 Å². The minimum absolute atomic E-state index is 0.216. The van der Waals surface area contributed by atoms with Gasteiger partial charge in [-0.1, -0.05) is 23.7 Å². The maximum absolute atomic E-state index is 12.8. The van der Waals surface area contributed by atoms with E-state index in [0.717, 1.165) is 28.0 Å². The summed E-state index contributed by atoms with van der Waals surface area (Å²) in [7, 11) is 0. The first-order valence-electron chi connectivity index (χ1n) is 10.3. The van der Waals surface area contributed by atoms with Gasteiger partial charge in [-0.3, -0.25) is 4.79 Å². The van der Waals surface area contributed by atoms with Crippen LogP contribution in [0.15, 0.2) is 48.5 Å². The molecule has 0 heterocycles. The van der Waals surface area contributed by atoms with E-state index in [4.69, 9.17) is 21.1 Å². The topological polar surface area (TPSA) is 47.6 Å². The number of hydrogen-bond acceptors (Lipinski definition) is 3. The Labute approximate surface area is 189 Å². The third-order valence-corrected chi connectivity index (χ3v) is 5.61. The van der Waals surface area contributed by atoms with Crippen LogP contribution < -0.4 is 14.8 Å². The molecule has 3 aromatic carbocycles. The molecule has 0 spiro atoms. The standard InChI is InChI=1S/C26H28ClNO3/c1-6-30-24-10-8-20(26(29)28-22-9-7-17(3)23(27)14-22)13-21(24)15-31-25-12-16(2)11-18(4)19(25)5/h7-14H,6,15H2,1-5H3,(H,28,29). The van der Waals surface area contributed by atoms with Crippen molar-refractivity contribution in [2.45, 2.75) is 41.2 Å². The maximum atomic E-state index is 12.8. The summed E-state index contributed by atoms with van der Waals surface area (Å²) < 4.78 is 11.9. The molecule has 31 heavy (non-hydrogen) atoms. The van der Waals surface area contributed by atoms with Crippen LogP contribution in [0.4, 0.5) is 5.69 Å². The summed E-state index contributed by atoms with van der Waals surface area (Å²) in [6.07, 6.45) is 0. The summed E-state index contributed by atoms with van der Waals surface area (Å²) >= 11 is 6.17. The molecule has 3 rings (SSSR count). The Bertz CT molecular complexity index is 1110. The third-order valence-electron chi connectivity index (χ3n) is 5.20. The molecule has 0 atom stereocenters. The average Bonchev–Trinajstić information content (AvgIpc) is 2.73. The van der Waals surface area contributed by atoms with Gasteiger partial charge in [-0.25, -0.2) is 0 Å². The highest BCUT2D eigenvalue weighted by atomic mass is 35.5. The molecule has 0 radical (unpaired) electrons. The number of carbonyl (C=O) groups is 1. The summed E-state index contributed by atoms with van der Waals surface area (Å²) in [6.45, 7) is 10.9. The van der Waals surface area contributed by atoms with Crippen molar-refractivity contribution in [2.75, 3.05) is 11.9 Å². The van der Waals surface area contributed by atoms with Crippen molar-refractivity contribution in [1.29, 1.82) is 0 Å². The van der Waals surface area contributed by atoms with Crippen molar-refractivity contribution >= 4 is 23.2 Å². The molecular weight excluding hydrogens is 410 g/mol. The van der Waals surface area contributed by atoms with E-state index in [1.54, 1.807) is 12.1 Å². The van der Waals surface area contributed by atoms with Gasteiger partial charge in [-0.2, -0.15) is 0 Å². The molecule has 1 N–H and O–H groups in total. The number of benzene rings is 3. The van der Waals surface area contributed by atoms with E-state index in [9.17, 15) is 4.79 Å². The van der Waals surface area contributed by atoms with Crippen molar-refractivity contribution in [3.63, 3.8) is 0 Å². The molecule has 0 aliphatic carbocycles. The maximum Gasteiger partial charge on any atom is 0.255 e. The lowest BCUT2D eigenvalue weighted by Crippen LogP contribution is -2.13. The molecule has 0 bridgehead atoms. The largest absolute Gasteiger partial charge is 0.493 e. The van der Waals surface area contributed by atoms with E-state index in [1.165, 1.54) is 5.56 Å². The van der Waals surface area contributed by atoms with Crippen LogP contribution in [0.3, 0.4) is 0 Å². The van der Waals surface area contributed by atoms with E-state index < -0.39 is 0 Å². The van der Waals surface area contributed by atoms with Crippen LogP contribution in [0.25, 0.3) is 0 Å². The molecule has 0 unspecified atom stereocenters. The number of nitrogens with one attached hydrogen (secondary N) is 1. The Morgan fingerprint density at radius 1 is 0.903 bits per heavy atom. The first-order valence-corrected chi connectivity index (χ1v) is 10.7. The van der Waals surface area contributed by atoms with E-state index in [0.29, 0.717) is 35.2 Å². The smallest absolute Gasteiger partial charge is 0.255 e. The van der Waals surface area contributed by atoms with Gasteiger partial charge in [0.15, 0.2) is 0 Å². The Balaban J connectivity index is 1.83. The number of aryl methyl sites for hydroxylation is 3. The number of carbonyl (C=O) groups excluding carboxylic acids is 1. The minimum Gasteiger partial charge on any atom is -0.493 e. The molecule has 0 aromatic heterocycles. The van der Waals surface area contributed by atoms with Gasteiger partial charge in [0, 0.05) is 21.8 Å². The zero-order valence-electron chi connectivity index (χ0n) is 18.6. The molecule has 1 amide bonds. The highest BCUT2D eigenvalue weighted by Crippen LogP contribution is 2.27. The van der Waals surface area contributed by atoms with Crippen LogP contribution in [0, 0.1) is 27.7 Å². The summed E-state index contributed by atoms with van der Waals surface area (Å²) in [5.74, 6) is 1.33. The average molecular weight is 438 g/mol. The number of hydrogen-bond donors (Lipinski definition) is 1. The SMILES string of the molecule is CCOc1ccc(C(=O)Nc2ccc(C)c(Cl)c2)cc1COc1cc(C)cc(C)c1C. The third kappa shape index (κ3) is 5.59. The van der Waals surface area contributed by atoms with E-state index in [2.05, 4.69) is 18.3 Å². The summed E-state index contributed by atoms with van der Waals surface area (Å²) in [5.41, 5.74) is 6.39. The van der Waals surface area contributed by atoms with Crippen LogP contribution >= 0.6 is 11.6 Å². The second-order valence-corrected chi connectivity index (χ2v) is 8.07. The normalized spacial score (nSPS) is 10.6. The molecule has 0 fully saturated rings. The van der Waals surface area contributed by atoms with Crippen molar-refractivity contribution in [1.82, 2.24) is 0 Å². The predicted molar refractivity (Wildman–Crippen MR) is 127 cm³/mol. The van der Waals surface area contributed by atoms with Gasteiger partial charge in [-0.05, 0) is 93.3 Å². The lowest BCUT2D eigenvalue weighted by atomic mass is 10.1. The fourth-order valence-electron chi connectivity index (χ4n) is 3.31. The minimum atomic E-state index is -0.216. The van der Waals surface area contributed by atoms with Crippen molar-refractivity contribution in [3.05, 3.63) is 86.9 Å². The molecule has 0 saturated carbocycles. The van der Waals surface area contributed by atoms with Gasteiger partial charge in [0.2, 0.25) is 0 Å². The molecular formula is C26H28ClNO3. The lowest BCUT2D eigenvalue weighted by Gasteiger charge is -2.16. The predicted octanol–water partition coefficient (Wildman–Crippen LogP) is 6.80. The van der Waals surface area contributed by atoms with E-state index >= 15 is 0 Å². The van der Waals surface area contributed by atoms with Gasteiger partial charge < -0.3 is 14.8 Å². The molecule has 0 saturated heterocycles. The number of rotatable bonds is 7. The van der Waals surface area contributed by atoms with Crippen LogP contribution in [0.5, 0.6) is 11.5 Å². The molecule has 0 aliphatic rings. The van der Waals surface area contributed by atoms with Crippen LogP contribution in [-0.2, 0) is 6.61 Å². The lowest BCUT2D eigenvalue weighted by molar-refractivity contribution is 0.102. The first kappa shape index (κ1) is 22.7. The highest BCUT2D eigenvalue weighted by molar-refractivity contribution is 6.31. The Morgan fingerprint density at radius 2 is 1.68 bits per heavy atom. The highest BCUT2D eigenvalue weighted by Gasteiger charge is 2.13. The van der Waals surface area contributed by atoms with Crippen molar-refractivity contribution in [3.8, 4) is 11.5 Å². The van der Waals surface area contributed by atoms with Gasteiger partial charge >= 0.3 is 0 Å². The molecule has 0 aliphatic heterocycles. The first-order chi connectivity index (χ1) is 14.8. The van der Waals surface area contributed by atoms with E-state index in [-0.39, 0.29) is 5.91 Å². The number of halogens is 1. The van der Waals surface area contributed by atoms with Gasteiger partial charge in [0.1, 0.15) is 18.1 Å². The fourth-order valence-corrected chi connectivity index (χ4v) is 3.49. The fraction of sp³-hybridized carbons (Fsp3) is 0.269. The second kappa shape index (κ2) is 9.88. The van der Waals surface area contributed by atoms with Gasteiger partial charge in [-0.15, -0.1) is 0 Å². The molecule has 3 aromatic rings. The number of amides is 1. The molecule has 5 heteroatoms. The van der Waals surface area contributed by atoms with Gasteiger partial charge in [0.25, 0.3) is 5.91 Å². The van der Waals surface area contributed by atoms with Crippen molar-refractivity contribution < 1.29 is 14.3 Å². The summed E-state index contributed by atoms with van der Waals surface area (Å²) in [6, 6.07) is 15.0. The Kier molecular flexibility index (Phi) is 7.24. The van der Waals surface area contributed by atoms with Crippen LogP contribution in [0.2, 0.25) is 5.02 Å². The zero-order chi connectivity index (χ0) is 22.5. The van der Waals surface area contributed by atoms with Crippen LogP contribution in [0.1, 0.15) is 45.1 Å². The van der Waals surface area contributed by atoms with Gasteiger partial charge in [0.05, 0.1) is 6.61 Å². The zero-order valence-corrected chi connectivity index (χ0v) is 19.4. The summed E-state index contributed by atoms with van der Waals surface area (Å²) in [4.78, 5) is 12.8. The number of ether oxygens (including phenoxy) is 2. The molecule has 4 nitrogen and oxygen atoms in total. The van der Waals surface area contributed by atoms with Crippen LogP contribution in [-0.4, -0.2) is 12.5 Å². The monoisotopic (exact) mass is 437 g/mol. The Hall–Kier alpha value is -2.98. The second-order valence-electron chi connectivity index (χ2n) is 7.67. The summed E-state index contributed by atoms with van der Waals surface area (Å²) in [5, 5.41) is 3.51. The van der Waals surface area contributed by atoms with Crippen molar-refractivity contribution in [2.24, 2.45) is 0 Å². The number of anilines is 1.